The van der Waals surface area contributed by atoms with Gasteiger partial charge < -0.3 is 9.32 Å². The topological polar surface area (TPSA) is 57.2 Å². The number of benzene rings is 1. The first-order valence-corrected chi connectivity index (χ1v) is 7.18. The first kappa shape index (κ1) is 13.4. The van der Waals surface area contributed by atoms with Gasteiger partial charge in [-0.2, -0.15) is 5.26 Å². The third-order valence-electron chi connectivity index (χ3n) is 3.80. The molecule has 4 nitrogen and oxygen atoms in total. The van der Waals surface area contributed by atoms with Crippen LogP contribution in [0, 0.1) is 11.3 Å². The highest BCUT2D eigenvalue weighted by molar-refractivity contribution is 5.67. The molecule has 3 rings (SSSR count). The summed E-state index contributed by atoms with van der Waals surface area (Å²) in [6.45, 7) is 1.76. The summed E-state index contributed by atoms with van der Waals surface area (Å²) in [5.74, 6) is 0.514. The zero-order valence-corrected chi connectivity index (χ0v) is 11.7. The number of nitriles is 1. The van der Waals surface area contributed by atoms with Crippen LogP contribution in [-0.2, 0) is 0 Å². The zero-order chi connectivity index (χ0) is 14.7. The van der Waals surface area contributed by atoms with Gasteiger partial charge in [0.15, 0.2) is 5.56 Å². The molecule has 0 N–H and O–H groups in total. The smallest absolute Gasteiger partial charge is 0.356 e. The first-order chi connectivity index (χ1) is 10.3. The Morgan fingerprint density at radius 2 is 1.81 bits per heavy atom. The molecule has 4 heteroatoms. The molecule has 106 valence electrons. The summed E-state index contributed by atoms with van der Waals surface area (Å²) >= 11 is 0. The van der Waals surface area contributed by atoms with Crippen molar-refractivity contribution in [2.75, 3.05) is 18.0 Å². The molecule has 0 spiro atoms. The fourth-order valence-electron chi connectivity index (χ4n) is 2.71. The Morgan fingerprint density at radius 3 is 2.48 bits per heavy atom. The molecule has 2 heterocycles. The summed E-state index contributed by atoms with van der Waals surface area (Å²) in [6, 6.07) is 13.3. The van der Waals surface area contributed by atoms with Crippen molar-refractivity contribution in [2.24, 2.45) is 0 Å². The van der Waals surface area contributed by atoms with Gasteiger partial charge in [0.25, 0.3) is 0 Å². The SMILES string of the molecule is N#Cc1c(N2CCCCC2)cc(-c2ccccc2)oc1=O. The zero-order valence-electron chi connectivity index (χ0n) is 11.7. The van der Waals surface area contributed by atoms with E-state index in [1.54, 1.807) is 0 Å². The van der Waals surface area contributed by atoms with Gasteiger partial charge in [-0.1, -0.05) is 30.3 Å². The number of nitrogens with zero attached hydrogens (tertiary/aromatic N) is 2. The largest absolute Gasteiger partial charge is 0.422 e. The summed E-state index contributed by atoms with van der Waals surface area (Å²) in [5.41, 5.74) is 1.10. The minimum absolute atomic E-state index is 0.108. The molecule has 1 fully saturated rings. The normalized spacial score (nSPS) is 14.7. The van der Waals surface area contributed by atoms with E-state index in [1.165, 1.54) is 6.42 Å². The molecule has 1 aromatic heterocycles. The molecule has 0 radical (unpaired) electrons. The van der Waals surface area contributed by atoms with Crippen molar-refractivity contribution >= 4 is 5.69 Å². The van der Waals surface area contributed by atoms with Gasteiger partial charge in [-0.25, -0.2) is 4.79 Å². The van der Waals surface area contributed by atoms with Crippen LogP contribution in [0.25, 0.3) is 11.3 Å². The van der Waals surface area contributed by atoms with Gasteiger partial charge in [0, 0.05) is 24.7 Å². The van der Waals surface area contributed by atoms with Gasteiger partial charge in [0.2, 0.25) is 0 Å². The highest BCUT2D eigenvalue weighted by Crippen LogP contribution is 2.27. The van der Waals surface area contributed by atoms with E-state index in [9.17, 15) is 10.1 Å². The Morgan fingerprint density at radius 1 is 1.10 bits per heavy atom. The maximum Gasteiger partial charge on any atom is 0.356 e. The van der Waals surface area contributed by atoms with Crippen molar-refractivity contribution in [3.05, 3.63) is 52.4 Å². The molecular formula is C17H16N2O2. The fourth-order valence-corrected chi connectivity index (χ4v) is 2.71. The predicted molar refractivity (Wildman–Crippen MR) is 81.2 cm³/mol. The second-order valence-electron chi connectivity index (χ2n) is 5.18. The van der Waals surface area contributed by atoms with Crippen molar-refractivity contribution in [2.45, 2.75) is 19.3 Å². The molecule has 0 unspecified atom stereocenters. The Hall–Kier alpha value is -2.54. The lowest BCUT2D eigenvalue weighted by Crippen LogP contribution is -2.31. The molecule has 1 aliphatic heterocycles. The Kier molecular flexibility index (Phi) is 3.74. The molecule has 1 aromatic carbocycles. The molecule has 0 bridgehead atoms. The summed E-state index contributed by atoms with van der Waals surface area (Å²) in [5, 5.41) is 9.25. The average molecular weight is 280 g/mol. The van der Waals surface area contributed by atoms with E-state index in [-0.39, 0.29) is 5.56 Å². The third-order valence-corrected chi connectivity index (χ3v) is 3.80. The summed E-state index contributed by atoms with van der Waals surface area (Å²) in [6.07, 6.45) is 3.38. The molecule has 0 aliphatic carbocycles. The van der Waals surface area contributed by atoms with E-state index < -0.39 is 5.63 Å². The van der Waals surface area contributed by atoms with Crippen LogP contribution in [0.2, 0.25) is 0 Å². The Labute approximate surface area is 123 Å². The molecule has 0 saturated carbocycles. The number of piperidine rings is 1. The Bertz CT molecular complexity index is 723. The van der Waals surface area contributed by atoms with Crippen molar-refractivity contribution in [3.63, 3.8) is 0 Å². The molecular weight excluding hydrogens is 264 g/mol. The second-order valence-corrected chi connectivity index (χ2v) is 5.18. The number of hydrogen-bond acceptors (Lipinski definition) is 4. The van der Waals surface area contributed by atoms with Gasteiger partial charge in [-0.05, 0) is 19.3 Å². The predicted octanol–water partition coefficient (Wildman–Crippen LogP) is 3.17. The summed E-state index contributed by atoms with van der Waals surface area (Å²) in [7, 11) is 0. The minimum Gasteiger partial charge on any atom is -0.422 e. The van der Waals surface area contributed by atoms with Crippen molar-refractivity contribution in [3.8, 4) is 17.4 Å². The fraction of sp³-hybridized carbons (Fsp3) is 0.294. The van der Waals surface area contributed by atoms with Crippen LogP contribution in [0.1, 0.15) is 24.8 Å². The standard InChI is InChI=1S/C17H16N2O2/c18-12-14-15(19-9-5-2-6-10-19)11-16(21-17(14)20)13-7-3-1-4-8-13/h1,3-4,7-8,11H,2,5-6,9-10H2. The number of hydrogen-bond donors (Lipinski definition) is 0. The summed E-state index contributed by atoms with van der Waals surface area (Å²) < 4.78 is 5.31. The third kappa shape index (κ3) is 2.68. The molecule has 21 heavy (non-hydrogen) atoms. The maximum absolute atomic E-state index is 12.1. The van der Waals surface area contributed by atoms with Crippen LogP contribution in [0.15, 0.2) is 45.6 Å². The quantitative estimate of drug-likeness (QED) is 0.847. The highest BCUT2D eigenvalue weighted by atomic mass is 16.4. The number of anilines is 1. The Balaban J connectivity index is 2.11. The lowest BCUT2D eigenvalue weighted by molar-refractivity contribution is 0.519. The monoisotopic (exact) mass is 280 g/mol. The maximum atomic E-state index is 12.1. The number of rotatable bonds is 2. The van der Waals surface area contributed by atoms with Crippen LogP contribution < -0.4 is 10.5 Å². The molecule has 2 aromatic rings. The van der Waals surface area contributed by atoms with Crippen LogP contribution in [0.3, 0.4) is 0 Å². The van der Waals surface area contributed by atoms with Gasteiger partial charge in [-0.15, -0.1) is 0 Å². The minimum atomic E-state index is -0.556. The molecule has 0 atom stereocenters. The molecule has 1 saturated heterocycles. The van der Waals surface area contributed by atoms with Crippen LogP contribution in [0.4, 0.5) is 5.69 Å². The highest BCUT2D eigenvalue weighted by Gasteiger charge is 2.19. The van der Waals surface area contributed by atoms with E-state index in [0.29, 0.717) is 11.4 Å². The lowest BCUT2D eigenvalue weighted by Gasteiger charge is -2.29. The van der Waals surface area contributed by atoms with Gasteiger partial charge in [0.05, 0.1) is 5.69 Å². The van der Waals surface area contributed by atoms with Crippen LogP contribution in [-0.4, -0.2) is 13.1 Å². The van der Waals surface area contributed by atoms with Gasteiger partial charge in [0.1, 0.15) is 11.8 Å². The first-order valence-electron chi connectivity index (χ1n) is 7.18. The molecule has 1 aliphatic rings. The average Bonchev–Trinajstić information content (AvgIpc) is 2.55. The lowest BCUT2D eigenvalue weighted by atomic mass is 10.1. The van der Waals surface area contributed by atoms with E-state index in [4.69, 9.17) is 4.42 Å². The van der Waals surface area contributed by atoms with Crippen LogP contribution >= 0.6 is 0 Å². The second kappa shape index (κ2) is 5.84. The van der Waals surface area contributed by atoms with Crippen LogP contribution in [0.5, 0.6) is 0 Å². The van der Waals surface area contributed by atoms with Gasteiger partial charge >= 0.3 is 5.63 Å². The van der Waals surface area contributed by atoms with Crippen molar-refractivity contribution < 1.29 is 4.42 Å². The van der Waals surface area contributed by atoms with Crippen molar-refractivity contribution in [1.29, 1.82) is 5.26 Å². The van der Waals surface area contributed by atoms with E-state index in [2.05, 4.69) is 4.90 Å². The van der Waals surface area contributed by atoms with E-state index in [0.717, 1.165) is 31.5 Å². The van der Waals surface area contributed by atoms with Crippen molar-refractivity contribution in [1.82, 2.24) is 0 Å². The van der Waals surface area contributed by atoms with E-state index in [1.807, 2.05) is 42.5 Å². The van der Waals surface area contributed by atoms with E-state index >= 15 is 0 Å². The summed E-state index contributed by atoms with van der Waals surface area (Å²) in [4.78, 5) is 14.2. The molecule has 0 amide bonds. The van der Waals surface area contributed by atoms with Gasteiger partial charge in [-0.3, -0.25) is 0 Å².